The molecule has 0 unspecified atom stereocenters. The second kappa shape index (κ2) is 8.52. The Bertz CT molecular complexity index is 788. The maximum atomic E-state index is 14.0. The summed E-state index contributed by atoms with van der Waals surface area (Å²) in [5.74, 6) is 0.692. The number of para-hydroxylation sites is 1. The van der Waals surface area contributed by atoms with Gasteiger partial charge in [-0.3, -0.25) is 9.69 Å². The number of piperazine rings is 2. The molecule has 0 atom stereocenters. The average Bonchev–Trinajstić information content (AvgIpc) is 2.75. The summed E-state index contributed by atoms with van der Waals surface area (Å²) in [5.41, 5.74) is 0.619. The standard InChI is InChI=1S/C20H25FN6O/c21-17-4-1-2-5-18(17)25-12-14-26(15-13-25)19(28)16-24-8-10-27(11-9-24)20-22-6-3-7-23-20/h1-7H,8-16H2. The Morgan fingerprint density at radius 1 is 0.857 bits per heavy atom. The van der Waals surface area contributed by atoms with Crippen LogP contribution in [0.1, 0.15) is 0 Å². The van der Waals surface area contributed by atoms with Gasteiger partial charge in [0, 0.05) is 64.8 Å². The van der Waals surface area contributed by atoms with Crippen LogP contribution in [0, 0.1) is 5.82 Å². The van der Waals surface area contributed by atoms with Gasteiger partial charge in [-0.05, 0) is 18.2 Å². The molecule has 8 heteroatoms. The molecule has 0 spiro atoms. The number of rotatable bonds is 4. The van der Waals surface area contributed by atoms with Gasteiger partial charge in [-0.25, -0.2) is 14.4 Å². The fourth-order valence-corrected chi connectivity index (χ4v) is 3.76. The molecule has 1 amide bonds. The molecule has 0 saturated carbocycles. The molecule has 2 fully saturated rings. The van der Waals surface area contributed by atoms with Gasteiger partial charge in [-0.15, -0.1) is 0 Å². The minimum Gasteiger partial charge on any atom is -0.366 e. The van der Waals surface area contributed by atoms with Crippen molar-refractivity contribution < 1.29 is 9.18 Å². The monoisotopic (exact) mass is 384 g/mol. The number of carbonyl (C=O) groups is 1. The van der Waals surface area contributed by atoms with Crippen molar-refractivity contribution in [2.24, 2.45) is 0 Å². The lowest BCUT2D eigenvalue weighted by atomic mass is 10.2. The summed E-state index contributed by atoms with van der Waals surface area (Å²) in [6, 6.07) is 8.62. The van der Waals surface area contributed by atoms with E-state index < -0.39 is 0 Å². The number of hydrogen-bond acceptors (Lipinski definition) is 6. The van der Waals surface area contributed by atoms with Crippen molar-refractivity contribution in [2.75, 3.05) is 68.7 Å². The maximum Gasteiger partial charge on any atom is 0.236 e. The van der Waals surface area contributed by atoms with Crippen LogP contribution in [0.15, 0.2) is 42.7 Å². The second-order valence-corrected chi connectivity index (χ2v) is 7.13. The third-order valence-electron chi connectivity index (χ3n) is 5.39. The molecule has 28 heavy (non-hydrogen) atoms. The fraction of sp³-hybridized carbons (Fsp3) is 0.450. The summed E-state index contributed by atoms with van der Waals surface area (Å²) < 4.78 is 14.0. The van der Waals surface area contributed by atoms with Gasteiger partial charge < -0.3 is 14.7 Å². The zero-order valence-electron chi connectivity index (χ0n) is 15.9. The van der Waals surface area contributed by atoms with E-state index in [9.17, 15) is 9.18 Å². The van der Waals surface area contributed by atoms with Crippen LogP contribution in [-0.2, 0) is 4.79 Å². The molecule has 0 aliphatic carbocycles. The minimum atomic E-state index is -0.206. The quantitative estimate of drug-likeness (QED) is 0.787. The summed E-state index contributed by atoms with van der Waals surface area (Å²) >= 11 is 0. The highest BCUT2D eigenvalue weighted by molar-refractivity contribution is 5.78. The zero-order chi connectivity index (χ0) is 19.3. The molecule has 148 valence electrons. The first-order chi connectivity index (χ1) is 13.7. The van der Waals surface area contributed by atoms with Gasteiger partial charge in [0.15, 0.2) is 0 Å². The zero-order valence-corrected chi connectivity index (χ0v) is 15.9. The summed E-state index contributed by atoms with van der Waals surface area (Å²) in [7, 11) is 0. The highest BCUT2D eigenvalue weighted by Gasteiger charge is 2.26. The van der Waals surface area contributed by atoms with Crippen molar-refractivity contribution in [1.29, 1.82) is 0 Å². The van der Waals surface area contributed by atoms with Crippen LogP contribution in [-0.4, -0.2) is 84.6 Å². The molecule has 3 heterocycles. The Morgan fingerprint density at radius 2 is 1.50 bits per heavy atom. The molecule has 2 aromatic rings. The molecule has 7 nitrogen and oxygen atoms in total. The van der Waals surface area contributed by atoms with Gasteiger partial charge >= 0.3 is 0 Å². The van der Waals surface area contributed by atoms with Crippen LogP contribution in [0.5, 0.6) is 0 Å². The highest BCUT2D eigenvalue weighted by Crippen LogP contribution is 2.20. The van der Waals surface area contributed by atoms with E-state index in [0.717, 1.165) is 32.1 Å². The van der Waals surface area contributed by atoms with Crippen LogP contribution >= 0.6 is 0 Å². The summed E-state index contributed by atoms with van der Waals surface area (Å²) in [4.78, 5) is 29.5. The molecule has 2 aliphatic rings. The third-order valence-corrected chi connectivity index (χ3v) is 5.39. The summed E-state index contributed by atoms with van der Waals surface area (Å²) in [6.07, 6.45) is 3.50. The summed E-state index contributed by atoms with van der Waals surface area (Å²) in [5, 5.41) is 0. The molecule has 1 aromatic heterocycles. The molecular formula is C20H25FN6O. The third kappa shape index (κ3) is 4.22. The molecule has 0 N–H and O–H groups in total. The smallest absolute Gasteiger partial charge is 0.236 e. The topological polar surface area (TPSA) is 55.8 Å². The predicted molar refractivity (Wildman–Crippen MR) is 106 cm³/mol. The van der Waals surface area contributed by atoms with Gasteiger partial charge in [0.1, 0.15) is 5.82 Å². The average molecular weight is 384 g/mol. The van der Waals surface area contributed by atoms with E-state index in [1.807, 2.05) is 21.9 Å². The number of nitrogens with zero attached hydrogens (tertiary/aromatic N) is 6. The highest BCUT2D eigenvalue weighted by atomic mass is 19.1. The van der Waals surface area contributed by atoms with Gasteiger partial charge in [-0.1, -0.05) is 12.1 Å². The lowest BCUT2D eigenvalue weighted by Crippen LogP contribution is -2.54. The maximum absolute atomic E-state index is 14.0. The first kappa shape index (κ1) is 18.6. The van der Waals surface area contributed by atoms with Gasteiger partial charge in [0.05, 0.1) is 12.2 Å². The van der Waals surface area contributed by atoms with E-state index in [0.29, 0.717) is 38.4 Å². The van der Waals surface area contributed by atoms with Crippen LogP contribution < -0.4 is 9.80 Å². The van der Waals surface area contributed by atoms with Crippen molar-refractivity contribution in [1.82, 2.24) is 19.8 Å². The van der Waals surface area contributed by atoms with Crippen LogP contribution in [0.4, 0.5) is 16.0 Å². The summed E-state index contributed by atoms with van der Waals surface area (Å²) in [6.45, 7) is 6.28. The van der Waals surface area contributed by atoms with E-state index in [1.165, 1.54) is 6.07 Å². The normalized spacial score (nSPS) is 18.4. The van der Waals surface area contributed by atoms with E-state index >= 15 is 0 Å². The molecule has 0 bridgehead atoms. The van der Waals surface area contributed by atoms with Crippen molar-refractivity contribution >= 4 is 17.5 Å². The lowest BCUT2D eigenvalue weighted by Gasteiger charge is -2.38. The molecule has 4 rings (SSSR count). The van der Waals surface area contributed by atoms with Crippen LogP contribution in [0.3, 0.4) is 0 Å². The van der Waals surface area contributed by atoms with E-state index in [-0.39, 0.29) is 11.7 Å². The van der Waals surface area contributed by atoms with E-state index in [4.69, 9.17) is 0 Å². The van der Waals surface area contributed by atoms with Gasteiger partial charge in [0.25, 0.3) is 0 Å². The number of carbonyl (C=O) groups excluding carboxylic acids is 1. The number of hydrogen-bond donors (Lipinski definition) is 0. The Kier molecular flexibility index (Phi) is 5.66. The molecule has 2 saturated heterocycles. The number of anilines is 2. The molecular weight excluding hydrogens is 359 g/mol. The number of amides is 1. The largest absolute Gasteiger partial charge is 0.366 e. The van der Waals surface area contributed by atoms with Crippen LogP contribution in [0.25, 0.3) is 0 Å². The number of benzene rings is 1. The number of aromatic nitrogens is 2. The van der Waals surface area contributed by atoms with E-state index in [1.54, 1.807) is 24.5 Å². The molecule has 2 aliphatic heterocycles. The Morgan fingerprint density at radius 3 is 2.18 bits per heavy atom. The Labute approximate surface area is 164 Å². The SMILES string of the molecule is O=C(CN1CCN(c2ncccn2)CC1)N1CCN(c2ccccc2F)CC1. The Balaban J connectivity index is 1.24. The van der Waals surface area contributed by atoms with Crippen molar-refractivity contribution in [2.45, 2.75) is 0 Å². The van der Waals surface area contributed by atoms with Crippen molar-refractivity contribution in [3.8, 4) is 0 Å². The molecule has 1 aromatic carbocycles. The van der Waals surface area contributed by atoms with Gasteiger partial charge in [-0.2, -0.15) is 0 Å². The van der Waals surface area contributed by atoms with Crippen molar-refractivity contribution in [3.63, 3.8) is 0 Å². The van der Waals surface area contributed by atoms with Gasteiger partial charge in [0.2, 0.25) is 11.9 Å². The Hall–Kier alpha value is -2.74. The lowest BCUT2D eigenvalue weighted by molar-refractivity contribution is -0.132. The minimum absolute atomic E-state index is 0.151. The van der Waals surface area contributed by atoms with Crippen LogP contribution in [0.2, 0.25) is 0 Å². The molecule has 0 radical (unpaired) electrons. The second-order valence-electron chi connectivity index (χ2n) is 7.13. The van der Waals surface area contributed by atoms with Crippen molar-refractivity contribution in [3.05, 3.63) is 48.5 Å². The fourth-order valence-electron chi connectivity index (χ4n) is 3.76. The number of halogens is 1. The van der Waals surface area contributed by atoms with E-state index in [2.05, 4.69) is 19.8 Å². The predicted octanol–water partition coefficient (Wildman–Crippen LogP) is 1.09. The first-order valence-electron chi connectivity index (χ1n) is 9.72. The first-order valence-corrected chi connectivity index (χ1v) is 9.72.